The summed E-state index contributed by atoms with van der Waals surface area (Å²) >= 11 is 0. The van der Waals surface area contributed by atoms with Gasteiger partial charge in [-0.1, -0.05) is 78.0 Å². The fraction of sp³-hybridized carbons (Fsp3) is 0.222. The summed E-state index contributed by atoms with van der Waals surface area (Å²) in [6, 6.07) is 33.3. The number of carbonyl (C=O) groups excluding carboxylic acids is 3. The summed E-state index contributed by atoms with van der Waals surface area (Å²) in [6.45, 7) is 0.162. The van der Waals surface area contributed by atoms with Crippen molar-refractivity contribution in [2.75, 3.05) is 19.0 Å². The lowest BCUT2D eigenvalue weighted by Crippen LogP contribution is -2.44. The van der Waals surface area contributed by atoms with Crippen LogP contribution in [-0.4, -0.2) is 53.6 Å². The average Bonchev–Trinajstić information content (AvgIpc) is 3.68. The SMILES string of the molecule is COc1ccc(C(=O)N2CC3(CC(c4cccc(NC(=O)CC(c5ccccc5)c5ccccc5)c4)=NO3)C[C@H]2C(N)=O)cc1. The number of carbonyl (C=O) groups is 3. The minimum Gasteiger partial charge on any atom is -0.497 e. The molecule has 1 fully saturated rings. The van der Waals surface area contributed by atoms with Gasteiger partial charge in [0, 0.05) is 42.0 Å². The third-order valence-corrected chi connectivity index (χ3v) is 8.44. The summed E-state index contributed by atoms with van der Waals surface area (Å²) in [6.07, 6.45) is 0.886. The van der Waals surface area contributed by atoms with E-state index in [1.807, 2.05) is 84.9 Å². The Hall–Kier alpha value is -5.44. The molecule has 0 saturated carbocycles. The van der Waals surface area contributed by atoms with E-state index in [0.29, 0.717) is 29.1 Å². The summed E-state index contributed by atoms with van der Waals surface area (Å²) in [4.78, 5) is 46.5. The number of primary amides is 1. The number of anilines is 1. The van der Waals surface area contributed by atoms with Gasteiger partial charge < -0.3 is 25.5 Å². The molecule has 3 amide bonds. The van der Waals surface area contributed by atoms with Gasteiger partial charge >= 0.3 is 0 Å². The quantitative estimate of drug-likeness (QED) is 0.275. The van der Waals surface area contributed by atoms with Crippen LogP contribution >= 0.6 is 0 Å². The molecule has 4 aromatic carbocycles. The number of hydrogen-bond donors (Lipinski definition) is 2. The number of nitrogens with two attached hydrogens (primary N) is 1. The van der Waals surface area contributed by atoms with Crippen molar-refractivity contribution in [3.05, 3.63) is 131 Å². The average molecular weight is 603 g/mol. The van der Waals surface area contributed by atoms with Crippen LogP contribution in [0.2, 0.25) is 0 Å². The van der Waals surface area contributed by atoms with Crippen molar-refractivity contribution >= 4 is 29.1 Å². The Bertz CT molecular complexity index is 1690. The van der Waals surface area contributed by atoms with Crippen molar-refractivity contribution in [3.8, 4) is 5.75 Å². The van der Waals surface area contributed by atoms with Gasteiger partial charge in [-0.05, 0) is 47.5 Å². The zero-order chi connectivity index (χ0) is 31.4. The van der Waals surface area contributed by atoms with Crippen molar-refractivity contribution in [2.24, 2.45) is 10.9 Å². The Morgan fingerprint density at radius 2 is 1.62 bits per heavy atom. The molecular weight excluding hydrogens is 568 g/mol. The summed E-state index contributed by atoms with van der Waals surface area (Å²) in [5.41, 5.74) is 9.50. The van der Waals surface area contributed by atoms with E-state index >= 15 is 0 Å². The molecule has 228 valence electrons. The molecule has 0 aromatic heterocycles. The van der Waals surface area contributed by atoms with E-state index in [1.54, 1.807) is 31.4 Å². The van der Waals surface area contributed by atoms with E-state index in [0.717, 1.165) is 16.7 Å². The number of nitrogens with one attached hydrogen (secondary N) is 1. The molecule has 2 aliphatic rings. The predicted octanol–water partition coefficient (Wildman–Crippen LogP) is 5.12. The molecule has 1 unspecified atom stereocenters. The summed E-state index contributed by atoms with van der Waals surface area (Å²) in [5.74, 6) is -0.492. The number of benzene rings is 4. The molecule has 0 bridgehead atoms. The highest BCUT2D eigenvalue weighted by Crippen LogP contribution is 2.39. The third kappa shape index (κ3) is 6.43. The second-order valence-corrected chi connectivity index (χ2v) is 11.5. The van der Waals surface area contributed by atoms with Gasteiger partial charge in [0.05, 0.1) is 19.4 Å². The van der Waals surface area contributed by atoms with Crippen LogP contribution in [0, 0.1) is 0 Å². The highest BCUT2D eigenvalue weighted by molar-refractivity contribution is 6.04. The van der Waals surface area contributed by atoms with E-state index in [2.05, 4.69) is 10.5 Å². The largest absolute Gasteiger partial charge is 0.497 e. The monoisotopic (exact) mass is 602 g/mol. The van der Waals surface area contributed by atoms with Crippen LogP contribution in [-0.2, 0) is 14.4 Å². The maximum absolute atomic E-state index is 13.4. The summed E-state index contributed by atoms with van der Waals surface area (Å²) < 4.78 is 5.19. The molecular formula is C36H34N4O5. The molecule has 2 heterocycles. The minimum absolute atomic E-state index is 0.0906. The van der Waals surface area contributed by atoms with Gasteiger partial charge in [-0.3, -0.25) is 14.4 Å². The van der Waals surface area contributed by atoms with Crippen molar-refractivity contribution < 1.29 is 24.0 Å². The summed E-state index contributed by atoms with van der Waals surface area (Å²) in [7, 11) is 1.55. The van der Waals surface area contributed by atoms with Crippen LogP contribution in [0.5, 0.6) is 5.75 Å². The smallest absolute Gasteiger partial charge is 0.254 e. The fourth-order valence-corrected chi connectivity index (χ4v) is 6.16. The van der Waals surface area contributed by atoms with Gasteiger partial charge in [-0.25, -0.2) is 0 Å². The fourth-order valence-electron chi connectivity index (χ4n) is 6.16. The normalized spacial score (nSPS) is 18.8. The number of rotatable bonds is 9. The maximum atomic E-state index is 13.4. The van der Waals surface area contributed by atoms with Crippen LogP contribution < -0.4 is 15.8 Å². The maximum Gasteiger partial charge on any atom is 0.254 e. The third-order valence-electron chi connectivity index (χ3n) is 8.44. The molecule has 9 heteroatoms. The first-order valence-electron chi connectivity index (χ1n) is 14.8. The van der Waals surface area contributed by atoms with Crippen LogP contribution in [0.15, 0.2) is 114 Å². The lowest BCUT2D eigenvalue weighted by molar-refractivity contribution is -0.122. The topological polar surface area (TPSA) is 123 Å². The Morgan fingerprint density at radius 3 is 2.24 bits per heavy atom. The zero-order valence-electron chi connectivity index (χ0n) is 24.9. The van der Waals surface area contributed by atoms with E-state index in [9.17, 15) is 14.4 Å². The Labute approximate surface area is 261 Å². The molecule has 4 aromatic rings. The standard InChI is InChI=1S/C36H34N4O5/c1-44-29-17-15-26(16-18-29)35(43)40-23-36(22-32(40)34(37)42)21-31(39-45-36)27-13-8-14-28(19-27)38-33(41)20-30(24-9-4-2-5-10-24)25-11-6-3-7-12-25/h2-19,30,32H,20-23H2,1H3,(H2,37,42)(H,38,41)/t32-,36?/m0/s1. The number of likely N-dealkylation sites (tertiary alicyclic amines) is 1. The molecule has 3 N–H and O–H groups in total. The van der Waals surface area contributed by atoms with Crippen molar-refractivity contribution in [3.63, 3.8) is 0 Å². The molecule has 0 radical (unpaired) electrons. The van der Waals surface area contributed by atoms with E-state index in [1.165, 1.54) is 4.90 Å². The molecule has 45 heavy (non-hydrogen) atoms. The molecule has 1 spiro atoms. The van der Waals surface area contributed by atoms with Crippen LogP contribution in [0.25, 0.3) is 0 Å². The minimum atomic E-state index is -0.880. The van der Waals surface area contributed by atoms with Crippen LogP contribution in [0.4, 0.5) is 5.69 Å². The highest BCUT2D eigenvalue weighted by atomic mass is 16.7. The number of ether oxygens (including phenoxy) is 1. The van der Waals surface area contributed by atoms with Crippen LogP contribution in [0.3, 0.4) is 0 Å². The number of amides is 3. The summed E-state index contributed by atoms with van der Waals surface area (Å²) in [5, 5.41) is 7.42. The van der Waals surface area contributed by atoms with E-state index in [-0.39, 0.29) is 37.1 Å². The van der Waals surface area contributed by atoms with Gasteiger partial charge in [0.25, 0.3) is 5.91 Å². The lowest BCUT2D eigenvalue weighted by Gasteiger charge is -2.23. The molecule has 6 rings (SSSR count). The Morgan fingerprint density at radius 1 is 0.956 bits per heavy atom. The number of methoxy groups -OCH3 is 1. The number of nitrogens with zero attached hydrogens (tertiary/aromatic N) is 2. The Balaban J connectivity index is 1.14. The molecule has 9 nitrogen and oxygen atoms in total. The Kier molecular flexibility index (Phi) is 8.33. The van der Waals surface area contributed by atoms with E-state index < -0.39 is 17.6 Å². The first kappa shape index (κ1) is 29.6. The highest BCUT2D eigenvalue weighted by Gasteiger charge is 2.53. The van der Waals surface area contributed by atoms with Crippen molar-refractivity contribution in [1.29, 1.82) is 0 Å². The van der Waals surface area contributed by atoms with Gasteiger partial charge in [-0.2, -0.15) is 0 Å². The van der Waals surface area contributed by atoms with Gasteiger partial charge in [0.2, 0.25) is 11.8 Å². The van der Waals surface area contributed by atoms with Crippen molar-refractivity contribution in [1.82, 2.24) is 4.90 Å². The van der Waals surface area contributed by atoms with E-state index in [4.69, 9.17) is 15.3 Å². The number of oxime groups is 1. The second-order valence-electron chi connectivity index (χ2n) is 11.5. The van der Waals surface area contributed by atoms with Crippen molar-refractivity contribution in [2.45, 2.75) is 36.8 Å². The number of hydrogen-bond acceptors (Lipinski definition) is 6. The molecule has 1 saturated heterocycles. The molecule has 2 atom stereocenters. The van der Waals surface area contributed by atoms with Gasteiger partial charge in [-0.15, -0.1) is 0 Å². The van der Waals surface area contributed by atoms with Gasteiger partial charge in [0.15, 0.2) is 5.60 Å². The first-order chi connectivity index (χ1) is 21.8. The predicted molar refractivity (Wildman–Crippen MR) is 171 cm³/mol. The first-order valence-corrected chi connectivity index (χ1v) is 14.8. The van der Waals surface area contributed by atoms with Gasteiger partial charge in [0.1, 0.15) is 11.8 Å². The second kappa shape index (κ2) is 12.7. The zero-order valence-corrected chi connectivity index (χ0v) is 24.9. The van der Waals surface area contributed by atoms with Crippen LogP contribution in [0.1, 0.15) is 52.2 Å². The molecule has 2 aliphatic heterocycles. The lowest BCUT2D eigenvalue weighted by atomic mass is 9.88. The molecule has 0 aliphatic carbocycles.